The summed E-state index contributed by atoms with van der Waals surface area (Å²) >= 11 is 0. The Morgan fingerprint density at radius 3 is 2.42 bits per heavy atom. The Morgan fingerprint density at radius 1 is 1.16 bits per heavy atom. The first-order chi connectivity index (χ1) is 9.04. The fourth-order valence-electron chi connectivity index (χ4n) is 2.23. The third-order valence-corrected chi connectivity index (χ3v) is 3.20. The molecule has 19 heavy (non-hydrogen) atoms. The Morgan fingerprint density at radius 2 is 1.84 bits per heavy atom. The minimum absolute atomic E-state index is 0.0737. The summed E-state index contributed by atoms with van der Waals surface area (Å²) in [4.78, 5) is 8.45. The Balaban J connectivity index is 2.27. The predicted octanol–water partition coefficient (Wildman–Crippen LogP) is 2.60. The van der Waals surface area contributed by atoms with Crippen LogP contribution in [-0.2, 0) is 0 Å². The average Bonchev–Trinajstić information content (AvgIpc) is 2.71. The molecule has 0 aliphatic heterocycles. The van der Waals surface area contributed by atoms with Crippen LogP contribution in [0.4, 0.5) is 11.6 Å². The number of rotatable bonds is 4. The molecule has 1 unspecified atom stereocenters. The fourth-order valence-corrected chi connectivity index (χ4v) is 2.23. The lowest BCUT2D eigenvalue weighted by Gasteiger charge is -2.17. The van der Waals surface area contributed by atoms with Crippen molar-refractivity contribution in [2.75, 3.05) is 17.7 Å². The first-order valence-electron chi connectivity index (χ1n) is 6.23. The second-order valence-electron chi connectivity index (χ2n) is 4.55. The molecule has 6 heteroatoms. The number of aryl methyl sites for hydroxylation is 2. The molecule has 2 N–H and O–H groups in total. The molecule has 6 nitrogen and oxygen atoms in total. The summed E-state index contributed by atoms with van der Waals surface area (Å²) < 4.78 is 5.19. The molecule has 0 saturated carbocycles. The van der Waals surface area contributed by atoms with Gasteiger partial charge in [0, 0.05) is 18.2 Å². The van der Waals surface area contributed by atoms with E-state index in [1.807, 2.05) is 27.8 Å². The minimum atomic E-state index is 0.0737. The second kappa shape index (κ2) is 5.26. The Bertz CT molecular complexity index is 559. The summed E-state index contributed by atoms with van der Waals surface area (Å²) in [7, 11) is 1.84. The van der Waals surface area contributed by atoms with Crippen molar-refractivity contribution in [3.63, 3.8) is 0 Å². The van der Waals surface area contributed by atoms with Crippen LogP contribution < -0.4 is 10.6 Å². The maximum atomic E-state index is 5.19. The van der Waals surface area contributed by atoms with Gasteiger partial charge in [0.2, 0.25) is 0 Å². The molecule has 0 fully saturated rings. The zero-order valence-corrected chi connectivity index (χ0v) is 11.9. The van der Waals surface area contributed by atoms with E-state index in [-0.39, 0.29) is 6.04 Å². The number of anilines is 2. The van der Waals surface area contributed by atoms with Crippen LogP contribution >= 0.6 is 0 Å². The van der Waals surface area contributed by atoms with Crippen LogP contribution in [-0.4, -0.2) is 22.2 Å². The number of nitrogens with one attached hydrogen (secondary N) is 2. The van der Waals surface area contributed by atoms with Crippen LogP contribution in [0.5, 0.6) is 0 Å². The minimum Gasteiger partial charge on any atom is -0.373 e. The third-order valence-electron chi connectivity index (χ3n) is 3.20. The van der Waals surface area contributed by atoms with Crippen molar-refractivity contribution in [2.45, 2.75) is 33.7 Å². The van der Waals surface area contributed by atoms with Crippen molar-refractivity contribution in [3.8, 4) is 0 Å². The second-order valence-corrected chi connectivity index (χ2v) is 4.55. The highest BCUT2D eigenvalue weighted by Crippen LogP contribution is 2.26. The van der Waals surface area contributed by atoms with E-state index in [1.54, 1.807) is 6.33 Å². The van der Waals surface area contributed by atoms with Gasteiger partial charge in [-0.3, -0.25) is 0 Å². The Hall–Kier alpha value is -2.11. The van der Waals surface area contributed by atoms with Crippen LogP contribution in [0.25, 0.3) is 0 Å². The molecular weight excluding hydrogens is 242 g/mol. The van der Waals surface area contributed by atoms with Crippen molar-refractivity contribution in [1.82, 2.24) is 15.1 Å². The standard InChI is InChI=1S/C13H19N5O/c1-7-12(14-5)15-6-16-13(7)17-8(2)11-9(3)18-19-10(11)4/h6,8H,1-5H3,(H2,14,15,16,17). The number of nitrogens with zero attached hydrogens (tertiary/aromatic N) is 3. The fraction of sp³-hybridized carbons (Fsp3) is 0.462. The summed E-state index contributed by atoms with van der Waals surface area (Å²) in [5.74, 6) is 2.47. The topological polar surface area (TPSA) is 75.9 Å². The van der Waals surface area contributed by atoms with E-state index in [2.05, 4.69) is 32.7 Å². The van der Waals surface area contributed by atoms with Crippen LogP contribution in [0.2, 0.25) is 0 Å². The van der Waals surface area contributed by atoms with E-state index < -0.39 is 0 Å². The molecule has 0 aromatic carbocycles. The van der Waals surface area contributed by atoms with E-state index in [0.717, 1.165) is 34.2 Å². The van der Waals surface area contributed by atoms with Crippen LogP contribution in [0.15, 0.2) is 10.9 Å². The molecule has 2 aromatic rings. The van der Waals surface area contributed by atoms with Gasteiger partial charge in [-0.05, 0) is 27.7 Å². The van der Waals surface area contributed by atoms with Crippen molar-refractivity contribution in [3.05, 3.63) is 28.9 Å². The van der Waals surface area contributed by atoms with E-state index in [1.165, 1.54) is 0 Å². The third kappa shape index (κ3) is 2.52. The lowest BCUT2D eigenvalue weighted by atomic mass is 10.1. The normalized spacial score (nSPS) is 12.3. The summed E-state index contributed by atoms with van der Waals surface area (Å²) in [6, 6.07) is 0.0737. The van der Waals surface area contributed by atoms with Crippen LogP contribution in [0.1, 0.15) is 35.5 Å². The molecule has 0 aliphatic carbocycles. The van der Waals surface area contributed by atoms with E-state index in [0.29, 0.717) is 0 Å². The van der Waals surface area contributed by atoms with Gasteiger partial charge >= 0.3 is 0 Å². The largest absolute Gasteiger partial charge is 0.373 e. The molecule has 0 amide bonds. The van der Waals surface area contributed by atoms with E-state index in [9.17, 15) is 0 Å². The monoisotopic (exact) mass is 261 g/mol. The maximum absolute atomic E-state index is 5.19. The smallest absolute Gasteiger partial charge is 0.139 e. The highest BCUT2D eigenvalue weighted by Gasteiger charge is 2.17. The SMILES string of the molecule is CNc1ncnc(NC(C)c2c(C)noc2C)c1C. The first-order valence-corrected chi connectivity index (χ1v) is 6.23. The van der Waals surface area contributed by atoms with Gasteiger partial charge in [0.15, 0.2) is 0 Å². The first kappa shape index (κ1) is 13.3. The lowest BCUT2D eigenvalue weighted by molar-refractivity contribution is 0.392. The van der Waals surface area contributed by atoms with Crippen molar-refractivity contribution in [2.24, 2.45) is 0 Å². The van der Waals surface area contributed by atoms with E-state index in [4.69, 9.17) is 4.52 Å². The van der Waals surface area contributed by atoms with Crippen molar-refractivity contribution < 1.29 is 4.52 Å². The van der Waals surface area contributed by atoms with Gasteiger partial charge in [-0.1, -0.05) is 5.16 Å². The summed E-state index contributed by atoms with van der Waals surface area (Å²) in [6.07, 6.45) is 1.54. The molecule has 0 radical (unpaired) electrons. The number of hydrogen-bond acceptors (Lipinski definition) is 6. The molecule has 2 aromatic heterocycles. The molecule has 2 heterocycles. The zero-order chi connectivity index (χ0) is 14.0. The molecule has 0 spiro atoms. The van der Waals surface area contributed by atoms with Crippen molar-refractivity contribution in [1.29, 1.82) is 0 Å². The Kier molecular flexibility index (Phi) is 3.69. The van der Waals surface area contributed by atoms with Gasteiger partial charge < -0.3 is 15.2 Å². The predicted molar refractivity (Wildman–Crippen MR) is 74.3 cm³/mol. The number of hydrogen-bond donors (Lipinski definition) is 2. The van der Waals surface area contributed by atoms with Gasteiger partial charge in [0.25, 0.3) is 0 Å². The molecular formula is C13H19N5O. The summed E-state index contributed by atoms with van der Waals surface area (Å²) in [6.45, 7) is 7.90. The van der Waals surface area contributed by atoms with Gasteiger partial charge in [0.05, 0.1) is 11.7 Å². The summed E-state index contributed by atoms with van der Waals surface area (Å²) in [5.41, 5.74) is 2.96. The highest BCUT2D eigenvalue weighted by molar-refractivity contribution is 5.57. The quantitative estimate of drug-likeness (QED) is 0.881. The number of aromatic nitrogens is 3. The Labute approximate surface area is 112 Å². The van der Waals surface area contributed by atoms with Gasteiger partial charge in [-0.2, -0.15) is 0 Å². The van der Waals surface area contributed by atoms with Crippen molar-refractivity contribution >= 4 is 11.6 Å². The highest BCUT2D eigenvalue weighted by atomic mass is 16.5. The molecule has 102 valence electrons. The summed E-state index contributed by atoms with van der Waals surface area (Å²) in [5, 5.41) is 10.4. The van der Waals surface area contributed by atoms with Gasteiger partial charge in [-0.25, -0.2) is 9.97 Å². The lowest BCUT2D eigenvalue weighted by Crippen LogP contribution is -2.12. The van der Waals surface area contributed by atoms with Gasteiger partial charge in [-0.15, -0.1) is 0 Å². The molecule has 1 atom stereocenters. The zero-order valence-electron chi connectivity index (χ0n) is 11.9. The maximum Gasteiger partial charge on any atom is 0.139 e. The van der Waals surface area contributed by atoms with Crippen LogP contribution in [0, 0.1) is 20.8 Å². The van der Waals surface area contributed by atoms with Crippen LogP contribution in [0.3, 0.4) is 0 Å². The average molecular weight is 261 g/mol. The molecule has 0 saturated heterocycles. The molecule has 2 rings (SSSR count). The molecule has 0 bridgehead atoms. The van der Waals surface area contributed by atoms with Gasteiger partial charge in [0.1, 0.15) is 23.7 Å². The van der Waals surface area contributed by atoms with E-state index >= 15 is 0 Å². The molecule has 0 aliphatic rings.